The molecule has 122 valence electrons. The zero-order valence-corrected chi connectivity index (χ0v) is 15.0. The minimum atomic E-state index is -0.0296. The summed E-state index contributed by atoms with van der Waals surface area (Å²) in [5.41, 5.74) is 0.787. The molecule has 0 aliphatic carbocycles. The van der Waals surface area contributed by atoms with Crippen LogP contribution < -0.4 is 5.32 Å². The van der Waals surface area contributed by atoms with Crippen LogP contribution in [0.15, 0.2) is 28.7 Å². The summed E-state index contributed by atoms with van der Waals surface area (Å²) in [6.07, 6.45) is 8.05. The van der Waals surface area contributed by atoms with Gasteiger partial charge in [0.05, 0.1) is 0 Å². The Morgan fingerprint density at radius 1 is 0.909 bits per heavy atom. The van der Waals surface area contributed by atoms with Crippen molar-refractivity contribution in [1.29, 1.82) is 0 Å². The maximum absolute atomic E-state index is 11.8. The van der Waals surface area contributed by atoms with Crippen molar-refractivity contribution in [3.05, 3.63) is 28.7 Å². The van der Waals surface area contributed by atoms with Crippen molar-refractivity contribution in [3.8, 4) is 0 Å². The second-order valence-corrected chi connectivity index (χ2v) is 6.53. The Labute approximate surface area is 142 Å². The fourth-order valence-corrected chi connectivity index (χ4v) is 2.52. The molecule has 0 fully saturated rings. The first-order valence-electron chi connectivity index (χ1n) is 8.19. The number of hydrogen-bond acceptors (Lipinski definition) is 2. The van der Waals surface area contributed by atoms with Gasteiger partial charge in [0, 0.05) is 29.4 Å². The predicted molar refractivity (Wildman–Crippen MR) is 95.0 cm³/mol. The summed E-state index contributed by atoms with van der Waals surface area (Å²) in [5, 5.41) is 2.84. The third kappa shape index (κ3) is 8.98. The van der Waals surface area contributed by atoms with Crippen LogP contribution in [0.3, 0.4) is 0 Å². The first-order valence-corrected chi connectivity index (χ1v) is 8.98. The average molecular weight is 368 g/mol. The van der Waals surface area contributed by atoms with Crippen molar-refractivity contribution in [3.63, 3.8) is 0 Å². The summed E-state index contributed by atoms with van der Waals surface area (Å²) in [4.78, 5) is 23.5. The van der Waals surface area contributed by atoms with E-state index in [1.807, 2.05) is 24.3 Å². The van der Waals surface area contributed by atoms with Gasteiger partial charge in [-0.2, -0.15) is 0 Å². The second kappa shape index (κ2) is 11.4. The first kappa shape index (κ1) is 18.9. The summed E-state index contributed by atoms with van der Waals surface area (Å²) in [7, 11) is 0. The highest BCUT2D eigenvalue weighted by molar-refractivity contribution is 9.10. The smallest absolute Gasteiger partial charge is 0.224 e. The molecule has 1 amide bonds. The van der Waals surface area contributed by atoms with Gasteiger partial charge in [-0.25, -0.2) is 0 Å². The normalized spacial score (nSPS) is 10.5. The molecule has 1 aromatic carbocycles. The molecule has 0 saturated carbocycles. The van der Waals surface area contributed by atoms with E-state index in [2.05, 4.69) is 28.2 Å². The van der Waals surface area contributed by atoms with Crippen molar-refractivity contribution in [2.45, 2.75) is 64.7 Å². The summed E-state index contributed by atoms with van der Waals surface area (Å²) in [5.74, 6) is 0.256. The summed E-state index contributed by atoms with van der Waals surface area (Å²) >= 11 is 3.35. The van der Waals surface area contributed by atoms with Crippen LogP contribution in [0.1, 0.15) is 64.7 Å². The predicted octanol–water partition coefficient (Wildman–Crippen LogP) is 5.49. The lowest BCUT2D eigenvalue weighted by Gasteiger charge is -2.05. The average Bonchev–Trinajstić information content (AvgIpc) is 2.49. The van der Waals surface area contributed by atoms with E-state index in [-0.39, 0.29) is 11.7 Å². The molecule has 1 N–H and O–H groups in total. The Morgan fingerprint density at radius 3 is 2.23 bits per heavy atom. The molecule has 0 saturated heterocycles. The number of unbranched alkanes of at least 4 members (excludes halogenated alkanes) is 4. The van der Waals surface area contributed by atoms with Gasteiger partial charge in [0.25, 0.3) is 0 Å². The van der Waals surface area contributed by atoms with E-state index in [1.165, 1.54) is 19.3 Å². The van der Waals surface area contributed by atoms with Crippen molar-refractivity contribution in [2.75, 3.05) is 5.32 Å². The molecule has 0 unspecified atom stereocenters. The number of nitrogens with one attached hydrogen (secondary N) is 1. The third-order valence-electron chi connectivity index (χ3n) is 3.55. The largest absolute Gasteiger partial charge is 0.326 e. The van der Waals surface area contributed by atoms with Crippen LogP contribution in [0, 0.1) is 0 Å². The number of benzene rings is 1. The van der Waals surface area contributed by atoms with Gasteiger partial charge in [-0.15, -0.1) is 0 Å². The Kier molecular flexibility index (Phi) is 9.80. The van der Waals surface area contributed by atoms with Crippen LogP contribution >= 0.6 is 15.9 Å². The number of hydrogen-bond donors (Lipinski definition) is 1. The highest BCUT2D eigenvalue weighted by Gasteiger charge is 2.06. The molecule has 1 aromatic rings. The Hall–Kier alpha value is -1.16. The van der Waals surface area contributed by atoms with E-state index in [1.54, 1.807) is 0 Å². The Balaban J connectivity index is 2.09. The van der Waals surface area contributed by atoms with Crippen LogP contribution in [-0.4, -0.2) is 11.7 Å². The van der Waals surface area contributed by atoms with Crippen LogP contribution in [0.4, 0.5) is 5.69 Å². The van der Waals surface area contributed by atoms with Gasteiger partial charge >= 0.3 is 0 Å². The number of halogens is 1. The van der Waals surface area contributed by atoms with E-state index < -0.39 is 0 Å². The summed E-state index contributed by atoms with van der Waals surface area (Å²) < 4.78 is 0.982. The lowest BCUT2D eigenvalue weighted by Crippen LogP contribution is -2.11. The molecular weight excluding hydrogens is 342 g/mol. The number of anilines is 1. The van der Waals surface area contributed by atoms with E-state index in [0.717, 1.165) is 23.0 Å². The quantitative estimate of drug-likeness (QED) is 0.525. The highest BCUT2D eigenvalue weighted by atomic mass is 79.9. The van der Waals surface area contributed by atoms with Gasteiger partial charge in [-0.05, 0) is 37.1 Å². The topological polar surface area (TPSA) is 46.2 Å². The minimum Gasteiger partial charge on any atom is -0.326 e. The molecule has 0 bridgehead atoms. The van der Waals surface area contributed by atoms with Gasteiger partial charge < -0.3 is 5.32 Å². The molecule has 0 aliphatic rings. The van der Waals surface area contributed by atoms with E-state index in [4.69, 9.17) is 0 Å². The van der Waals surface area contributed by atoms with Crippen LogP contribution in [0.2, 0.25) is 0 Å². The van der Waals surface area contributed by atoms with Gasteiger partial charge in [-0.1, -0.05) is 48.5 Å². The lowest BCUT2D eigenvalue weighted by molar-refractivity contribution is -0.119. The fraction of sp³-hybridized carbons (Fsp3) is 0.556. The Morgan fingerprint density at radius 2 is 1.55 bits per heavy atom. The van der Waals surface area contributed by atoms with Crippen molar-refractivity contribution in [1.82, 2.24) is 0 Å². The molecule has 0 spiro atoms. The van der Waals surface area contributed by atoms with Crippen molar-refractivity contribution < 1.29 is 9.59 Å². The zero-order chi connectivity index (χ0) is 16.2. The number of ketones is 1. The van der Waals surface area contributed by atoms with E-state index in [9.17, 15) is 9.59 Å². The van der Waals surface area contributed by atoms with Crippen molar-refractivity contribution >= 4 is 33.3 Å². The third-order valence-corrected chi connectivity index (χ3v) is 4.08. The number of amides is 1. The molecule has 0 radical (unpaired) electrons. The second-order valence-electron chi connectivity index (χ2n) is 5.61. The zero-order valence-electron chi connectivity index (χ0n) is 13.4. The highest BCUT2D eigenvalue weighted by Crippen LogP contribution is 2.14. The molecular formula is C18H26BrNO2. The standard InChI is InChI=1S/C18H26BrNO2/c1-2-3-4-5-6-8-17(21)9-7-10-18(22)20-16-13-11-15(19)12-14-16/h11-14H,2-10H2,1H3,(H,20,22). The molecule has 0 atom stereocenters. The first-order chi connectivity index (χ1) is 10.6. The Bertz CT molecular complexity index is 457. The number of carbonyl (C=O) groups excluding carboxylic acids is 2. The SMILES string of the molecule is CCCCCCCC(=O)CCCC(=O)Nc1ccc(Br)cc1. The van der Waals surface area contributed by atoms with Gasteiger partial charge in [0.15, 0.2) is 0 Å². The van der Waals surface area contributed by atoms with E-state index >= 15 is 0 Å². The fourth-order valence-electron chi connectivity index (χ4n) is 2.25. The lowest BCUT2D eigenvalue weighted by atomic mass is 10.1. The number of rotatable bonds is 11. The molecule has 0 heterocycles. The van der Waals surface area contributed by atoms with Gasteiger partial charge in [0.2, 0.25) is 5.91 Å². The van der Waals surface area contributed by atoms with Gasteiger partial charge in [-0.3, -0.25) is 9.59 Å². The molecule has 1 rings (SSSR count). The number of Topliss-reactive ketones (excluding diaryl/α,β-unsaturated/α-hetero) is 1. The molecule has 0 aliphatic heterocycles. The summed E-state index contributed by atoms with van der Waals surface area (Å²) in [6.45, 7) is 2.18. The molecule has 0 aromatic heterocycles. The van der Waals surface area contributed by atoms with Crippen LogP contribution in [0.5, 0.6) is 0 Å². The minimum absolute atomic E-state index is 0.0296. The maximum atomic E-state index is 11.8. The maximum Gasteiger partial charge on any atom is 0.224 e. The van der Waals surface area contributed by atoms with Crippen LogP contribution in [-0.2, 0) is 9.59 Å². The van der Waals surface area contributed by atoms with E-state index in [0.29, 0.717) is 25.7 Å². The molecule has 4 heteroatoms. The monoisotopic (exact) mass is 367 g/mol. The van der Waals surface area contributed by atoms with Crippen molar-refractivity contribution in [2.24, 2.45) is 0 Å². The molecule has 3 nitrogen and oxygen atoms in total. The van der Waals surface area contributed by atoms with Gasteiger partial charge in [0.1, 0.15) is 5.78 Å². The number of carbonyl (C=O) groups is 2. The molecule has 22 heavy (non-hydrogen) atoms. The summed E-state index contributed by atoms with van der Waals surface area (Å²) in [6, 6.07) is 7.47. The van der Waals surface area contributed by atoms with Crippen LogP contribution in [0.25, 0.3) is 0 Å².